The Morgan fingerprint density at radius 2 is 2.05 bits per heavy atom. The summed E-state index contributed by atoms with van der Waals surface area (Å²) in [5.41, 5.74) is -1.78. The van der Waals surface area contributed by atoms with Crippen molar-refractivity contribution >= 4 is 26.5 Å². The van der Waals surface area contributed by atoms with Crippen molar-refractivity contribution in [2.45, 2.75) is 25.2 Å². The minimum Gasteiger partial charge on any atom is -0.313 e. The van der Waals surface area contributed by atoms with Crippen LogP contribution in [0.2, 0.25) is 0 Å². The van der Waals surface area contributed by atoms with E-state index >= 15 is 0 Å². The fourth-order valence-corrected chi connectivity index (χ4v) is 3.68. The average molecular weight is 331 g/mol. The van der Waals surface area contributed by atoms with Crippen LogP contribution in [0.25, 0.3) is 0 Å². The second-order valence-electron chi connectivity index (χ2n) is 4.64. The first kappa shape index (κ1) is 15.4. The van der Waals surface area contributed by atoms with Crippen LogP contribution in [0.15, 0.2) is 20.7 Å². The summed E-state index contributed by atoms with van der Waals surface area (Å²) < 4.78 is 26.3. The Morgan fingerprint density at radius 1 is 1.33 bits per heavy atom. The van der Waals surface area contributed by atoms with E-state index in [1.807, 2.05) is 18.8 Å². The first-order valence-electron chi connectivity index (χ1n) is 5.95. The quantitative estimate of drug-likeness (QED) is 0.700. The van der Waals surface area contributed by atoms with Crippen molar-refractivity contribution in [1.82, 2.24) is 20.2 Å². The molecule has 3 N–H and O–H groups in total. The van der Waals surface area contributed by atoms with Crippen LogP contribution in [0.3, 0.4) is 0 Å². The van der Waals surface area contributed by atoms with Gasteiger partial charge >= 0.3 is 5.69 Å². The Labute approximate surface area is 123 Å². The monoisotopic (exact) mass is 331 g/mol. The highest BCUT2D eigenvalue weighted by Gasteiger charge is 2.21. The van der Waals surface area contributed by atoms with E-state index in [4.69, 9.17) is 0 Å². The molecule has 0 unspecified atom stereocenters. The van der Waals surface area contributed by atoms with Gasteiger partial charge in [0, 0.05) is 12.6 Å². The first-order chi connectivity index (χ1) is 9.78. The lowest BCUT2D eigenvalue weighted by Gasteiger charge is -2.02. The predicted molar refractivity (Wildman–Crippen MR) is 76.9 cm³/mol. The molecule has 0 aliphatic carbocycles. The number of H-pyrrole nitrogens is 2. The van der Waals surface area contributed by atoms with Crippen LogP contribution in [0, 0.1) is 5.92 Å². The first-order valence-corrected chi connectivity index (χ1v) is 8.25. The van der Waals surface area contributed by atoms with E-state index in [-0.39, 0.29) is 5.13 Å². The molecule has 0 fully saturated rings. The molecule has 2 aromatic rings. The highest BCUT2D eigenvalue weighted by Crippen LogP contribution is 2.20. The highest BCUT2D eigenvalue weighted by molar-refractivity contribution is 7.92. The summed E-state index contributed by atoms with van der Waals surface area (Å²) in [6.07, 6.45) is 1.51. The zero-order valence-corrected chi connectivity index (χ0v) is 12.8. The Bertz CT molecular complexity index is 849. The summed E-state index contributed by atoms with van der Waals surface area (Å²) in [6.45, 7) is 4.01. The molecule has 2 aromatic heterocycles. The number of rotatable bonds is 5. The standard InChI is InChI=1S/C10H13N5O4S2/c1-5(2)3-7-13-14-10(20-7)15-21(18,19)6-4-11-9(17)12-8(6)16/h4-5H,3H2,1-2H3,(H,14,15)(H2,11,12,16,17). The summed E-state index contributed by atoms with van der Waals surface area (Å²) in [5.74, 6) is 0.365. The van der Waals surface area contributed by atoms with E-state index in [0.29, 0.717) is 17.3 Å². The molecule has 0 atom stereocenters. The summed E-state index contributed by atoms with van der Waals surface area (Å²) in [6, 6.07) is 0. The molecule has 0 spiro atoms. The van der Waals surface area contributed by atoms with Gasteiger partial charge < -0.3 is 4.98 Å². The molecule has 11 heteroatoms. The maximum absolute atomic E-state index is 12.1. The lowest BCUT2D eigenvalue weighted by Crippen LogP contribution is -2.29. The Hall–Kier alpha value is -2.01. The van der Waals surface area contributed by atoms with Crippen LogP contribution in [0.1, 0.15) is 18.9 Å². The highest BCUT2D eigenvalue weighted by atomic mass is 32.2. The molecule has 0 saturated heterocycles. The van der Waals surface area contributed by atoms with Crippen molar-refractivity contribution in [3.63, 3.8) is 0 Å². The zero-order valence-electron chi connectivity index (χ0n) is 11.2. The fraction of sp³-hybridized carbons (Fsp3) is 0.400. The van der Waals surface area contributed by atoms with Gasteiger partial charge in [-0.05, 0) is 5.92 Å². The van der Waals surface area contributed by atoms with Crippen LogP contribution >= 0.6 is 11.3 Å². The number of anilines is 1. The minimum atomic E-state index is -4.13. The largest absolute Gasteiger partial charge is 0.325 e. The fourth-order valence-electron chi connectivity index (χ4n) is 1.49. The van der Waals surface area contributed by atoms with Crippen LogP contribution in [0.5, 0.6) is 0 Å². The Balaban J connectivity index is 2.27. The molecule has 2 heterocycles. The van der Waals surface area contributed by atoms with Gasteiger partial charge in [-0.3, -0.25) is 14.5 Å². The van der Waals surface area contributed by atoms with Crippen molar-refractivity contribution in [2.24, 2.45) is 5.92 Å². The van der Waals surface area contributed by atoms with Gasteiger partial charge in [0.15, 0.2) is 4.90 Å². The topological polar surface area (TPSA) is 138 Å². The summed E-state index contributed by atoms with van der Waals surface area (Å²) in [5, 5.41) is 8.35. The molecule has 9 nitrogen and oxygen atoms in total. The molecule has 0 saturated carbocycles. The second-order valence-corrected chi connectivity index (χ2v) is 7.35. The Kier molecular flexibility index (Phi) is 4.23. The van der Waals surface area contributed by atoms with Crippen molar-refractivity contribution in [3.8, 4) is 0 Å². The number of hydrogen-bond donors (Lipinski definition) is 3. The van der Waals surface area contributed by atoms with Crippen molar-refractivity contribution < 1.29 is 8.42 Å². The summed E-state index contributed by atoms with van der Waals surface area (Å²) in [7, 11) is -4.13. The van der Waals surface area contributed by atoms with Gasteiger partial charge in [-0.2, -0.15) is 0 Å². The predicted octanol–water partition coefficient (Wildman–Crippen LogP) is -0.0860. The molecular weight excluding hydrogens is 318 g/mol. The summed E-state index contributed by atoms with van der Waals surface area (Å²) >= 11 is 1.10. The van der Waals surface area contributed by atoms with Crippen LogP contribution in [-0.2, 0) is 16.4 Å². The number of aromatic amines is 2. The van der Waals surface area contributed by atoms with Gasteiger partial charge in [0.05, 0.1) is 0 Å². The normalized spacial score (nSPS) is 11.8. The van der Waals surface area contributed by atoms with Gasteiger partial charge in [-0.1, -0.05) is 25.2 Å². The smallest absolute Gasteiger partial charge is 0.313 e. The van der Waals surface area contributed by atoms with Crippen molar-refractivity contribution in [3.05, 3.63) is 32.0 Å². The molecule has 0 amide bonds. The van der Waals surface area contributed by atoms with Crippen molar-refractivity contribution in [2.75, 3.05) is 4.72 Å². The third kappa shape index (κ3) is 3.76. The molecule has 21 heavy (non-hydrogen) atoms. The molecule has 0 bridgehead atoms. The number of nitrogens with one attached hydrogen (secondary N) is 3. The number of sulfonamides is 1. The maximum atomic E-state index is 12.1. The van der Waals surface area contributed by atoms with Crippen LogP contribution < -0.4 is 16.0 Å². The zero-order chi connectivity index (χ0) is 15.6. The van der Waals surface area contributed by atoms with E-state index < -0.39 is 26.2 Å². The molecule has 0 aromatic carbocycles. The lowest BCUT2D eigenvalue weighted by molar-refractivity contribution is 0.599. The molecule has 0 radical (unpaired) electrons. The van der Waals surface area contributed by atoms with Gasteiger partial charge in [-0.15, -0.1) is 10.2 Å². The van der Waals surface area contributed by atoms with Crippen LogP contribution in [0.4, 0.5) is 5.13 Å². The number of hydrogen-bond acceptors (Lipinski definition) is 7. The third-order valence-electron chi connectivity index (χ3n) is 2.35. The minimum absolute atomic E-state index is 0.0660. The molecule has 0 aliphatic heterocycles. The lowest BCUT2D eigenvalue weighted by atomic mass is 10.1. The van der Waals surface area contributed by atoms with Gasteiger partial charge in [0.2, 0.25) is 5.13 Å². The average Bonchev–Trinajstić information content (AvgIpc) is 2.73. The molecule has 0 aliphatic rings. The van der Waals surface area contributed by atoms with E-state index in [1.54, 1.807) is 0 Å². The summed E-state index contributed by atoms with van der Waals surface area (Å²) in [4.78, 5) is 25.7. The Morgan fingerprint density at radius 3 is 2.67 bits per heavy atom. The van der Waals surface area contributed by atoms with Gasteiger partial charge in [0.1, 0.15) is 5.01 Å². The van der Waals surface area contributed by atoms with Crippen LogP contribution in [-0.4, -0.2) is 28.6 Å². The number of nitrogens with zero attached hydrogens (tertiary/aromatic N) is 2. The second kappa shape index (κ2) is 5.77. The maximum Gasteiger partial charge on any atom is 0.325 e. The molecular formula is C10H13N5O4S2. The van der Waals surface area contributed by atoms with E-state index in [1.165, 1.54) is 0 Å². The van der Waals surface area contributed by atoms with Gasteiger partial charge in [-0.25, -0.2) is 13.2 Å². The SMILES string of the molecule is CC(C)Cc1nnc(NS(=O)(=O)c2c[nH]c(=O)[nH]c2=O)s1. The van der Waals surface area contributed by atoms with E-state index in [0.717, 1.165) is 17.5 Å². The molecule has 114 valence electrons. The molecule has 2 rings (SSSR count). The van der Waals surface area contributed by atoms with Crippen molar-refractivity contribution in [1.29, 1.82) is 0 Å². The third-order valence-corrected chi connectivity index (χ3v) is 4.68. The van der Waals surface area contributed by atoms with E-state index in [9.17, 15) is 18.0 Å². The number of aromatic nitrogens is 4. The van der Waals surface area contributed by atoms with Gasteiger partial charge in [0.25, 0.3) is 15.6 Å². The van der Waals surface area contributed by atoms with E-state index in [2.05, 4.69) is 19.9 Å².